The van der Waals surface area contributed by atoms with Gasteiger partial charge in [0.2, 0.25) is 0 Å². The van der Waals surface area contributed by atoms with E-state index in [4.69, 9.17) is 16.3 Å². The van der Waals surface area contributed by atoms with Crippen LogP contribution in [-0.2, 0) is 12.5 Å². The van der Waals surface area contributed by atoms with Crippen molar-refractivity contribution in [1.82, 2.24) is 0 Å². The molecule has 0 atom stereocenters. The van der Waals surface area contributed by atoms with Crippen molar-refractivity contribution in [3.63, 3.8) is 0 Å². The zero-order chi connectivity index (χ0) is 14.5. The predicted octanol–water partition coefficient (Wildman–Crippen LogP) is 4.68. The van der Waals surface area contributed by atoms with Gasteiger partial charge in [-0.15, -0.1) is 11.6 Å². The molecule has 0 unspecified atom stereocenters. The Hall–Kier alpha value is -1.59. The third-order valence-electron chi connectivity index (χ3n) is 2.72. The molecular weight excluding hydrogens is 346 g/mol. The summed E-state index contributed by atoms with van der Waals surface area (Å²) < 4.78 is 6.23. The second kappa shape index (κ2) is 6.72. The Morgan fingerprint density at radius 2 is 1.90 bits per heavy atom. The van der Waals surface area contributed by atoms with Gasteiger partial charge >= 0.3 is 0 Å². The molecule has 2 aromatic carbocycles. The molecule has 0 saturated carbocycles. The summed E-state index contributed by atoms with van der Waals surface area (Å²) in [4.78, 5) is 10.6. The van der Waals surface area contributed by atoms with Gasteiger partial charge in [-0.05, 0) is 29.8 Å². The number of ether oxygens (including phenoxy) is 1. The first-order valence-electron chi connectivity index (χ1n) is 5.80. The van der Waals surface area contributed by atoms with E-state index in [0.29, 0.717) is 21.7 Å². The number of benzene rings is 2. The van der Waals surface area contributed by atoms with Gasteiger partial charge in [0.15, 0.2) is 0 Å². The first-order valence-corrected chi connectivity index (χ1v) is 7.13. The van der Waals surface area contributed by atoms with E-state index in [0.717, 1.165) is 5.56 Å². The lowest BCUT2D eigenvalue weighted by atomic mass is 10.2. The van der Waals surface area contributed by atoms with E-state index in [1.807, 2.05) is 12.1 Å². The van der Waals surface area contributed by atoms with Crippen LogP contribution >= 0.6 is 27.5 Å². The average Bonchev–Trinajstić information content (AvgIpc) is 2.46. The standard InChI is InChI=1S/C14H11BrClNO3/c15-12-4-3-11(14(7-12)17(18)19)9-20-13-5-1-10(8-16)2-6-13/h1-7H,8-9H2. The zero-order valence-electron chi connectivity index (χ0n) is 10.4. The van der Waals surface area contributed by atoms with Crippen molar-refractivity contribution >= 4 is 33.2 Å². The number of nitro groups is 1. The molecule has 20 heavy (non-hydrogen) atoms. The van der Waals surface area contributed by atoms with Gasteiger partial charge in [-0.25, -0.2) is 0 Å². The van der Waals surface area contributed by atoms with Gasteiger partial charge < -0.3 is 4.74 Å². The number of nitro benzene ring substituents is 1. The number of alkyl halides is 1. The molecule has 0 aliphatic heterocycles. The maximum absolute atomic E-state index is 11.0. The second-order valence-electron chi connectivity index (χ2n) is 4.10. The zero-order valence-corrected chi connectivity index (χ0v) is 12.7. The van der Waals surface area contributed by atoms with Crippen LogP contribution in [0.4, 0.5) is 5.69 Å². The lowest BCUT2D eigenvalue weighted by Gasteiger charge is -2.07. The van der Waals surface area contributed by atoms with Crippen LogP contribution in [0.15, 0.2) is 46.9 Å². The van der Waals surface area contributed by atoms with Gasteiger partial charge in [0.1, 0.15) is 12.4 Å². The minimum absolute atomic E-state index is 0.0387. The summed E-state index contributed by atoms with van der Waals surface area (Å²) in [7, 11) is 0. The monoisotopic (exact) mass is 355 g/mol. The van der Waals surface area contributed by atoms with Crippen LogP contribution in [0.5, 0.6) is 5.75 Å². The van der Waals surface area contributed by atoms with Crippen molar-refractivity contribution in [1.29, 1.82) is 0 Å². The molecule has 0 saturated heterocycles. The molecule has 0 aliphatic carbocycles. The lowest BCUT2D eigenvalue weighted by molar-refractivity contribution is -0.385. The van der Waals surface area contributed by atoms with E-state index < -0.39 is 4.92 Å². The van der Waals surface area contributed by atoms with Crippen molar-refractivity contribution in [3.05, 3.63) is 68.2 Å². The molecule has 104 valence electrons. The quantitative estimate of drug-likeness (QED) is 0.444. The summed E-state index contributed by atoms with van der Waals surface area (Å²) in [6.07, 6.45) is 0. The van der Waals surface area contributed by atoms with Crippen molar-refractivity contribution in [2.24, 2.45) is 0 Å². The molecule has 0 amide bonds. The van der Waals surface area contributed by atoms with Crippen LogP contribution in [0.25, 0.3) is 0 Å². The summed E-state index contributed by atoms with van der Waals surface area (Å²) >= 11 is 8.92. The minimum Gasteiger partial charge on any atom is -0.489 e. The van der Waals surface area contributed by atoms with E-state index in [-0.39, 0.29) is 12.3 Å². The second-order valence-corrected chi connectivity index (χ2v) is 5.28. The lowest BCUT2D eigenvalue weighted by Crippen LogP contribution is -2.00. The first-order chi connectivity index (χ1) is 9.60. The molecule has 2 rings (SSSR count). The van der Waals surface area contributed by atoms with E-state index in [2.05, 4.69) is 15.9 Å². The third kappa shape index (κ3) is 3.71. The minimum atomic E-state index is -0.417. The molecule has 0 N–H and O–H groups in total. The molecule has 0 aliphatic rings. The van der Waals surface area contributed by atoms with Crippen molar-refractivity contribution < 1.29 is 9.66 Å². The number of hydrogen-bond acceptors (Lipinski definition) is 3. The first kappa shape index (κ1) is 14.8. The number of halogens is 2. The molecule has 2 aromatic rings. The Bertz CT molecular complexity index is 616. The molecule has 0 bridgehead atoms. The highest BCUT2D eigenvalue weighted by molar-refractivity contribution is 9.10. The summed E-state index contributed by atoms with van der Waals surface area (Å²) in [6.45, 7) is 0.143. The predicted molar refractivity (Wildman–Crippen MR) is 81.1 cm³/mol. The highest BCUT2D eigenvalue weighted by Gasteiger charge is 2.14. The largest absolute Gasteiger partial charge is 0.489 e. The molecule has 0 aromatic heterocycles. The number of hydrogen-bond donors (Lipinski definition) is 0. The average molecular weight is 357 g/mol. The normalized spacial score (nSPS) is 10.3. The molecule has 6 heteroatoms. The van der Waals surface area contributed by atoms with Gasteiger partial charge in [-0.2, -0.15) is 0 Å². The Balaban J connectivity index is 2.12. The third-order valence-corrected chi connectivity index (χ3v) is 3.52. The highest BCUT2D eigenvalue weighted by Crippen LogP contribution is 2.25. The van der Waals surface area contributed by atoms with Crippen molar-refractivity contribution in [2.75, 3.05) is 0 Å². The van der Waals surface area contributed by atoms with Gasteiger partial charge in [-0.3, -0.25) is 10.1 Å². The molecular formula is C14H11BrClNO3. The van der Waals surface area contributed by atoms with Gasteiger partial charge in [-0.1, -0.05) is 28.1 Å². The van der Waals surface area contributed by atoms with Gasteiger partial charge in [0.25, 0.3) is 5.69 Å². The van der Waals surface area contributed by atoms with Crippen LogP contribution in [-0.4, -0.2) is 4.92 Å². The van der Waals surface area contributed by atoms with Gasteiger partial charge in [0.05, 0.1) is 10.5 Å². The van der Waals surface area contributed by atoms with Crippen molar-refractivity contribution in [3.8, 4) is 5.75 Å². The molecule has 0 spiro atoms. The molecule has 0 heterocycles. The highest BCUT2D eigenvalue weighted by atomic mass is 79.9. The summed E-state index contributed by atoms with van der Waals surface area (Å²) in [5, 5.41) is 11.0. The van der Waals surface area contributed by atoms with Crippen LogP contribution < -0.4 is 4.74 Å². The molecule has 0 fully saturated rings. The Kier molecular flexibility index (Phi) is 4.98. The van der Waals surface area contributed by atoms with Crippen LogP contribution in [0.1, 0.15) is 11.1 Å². The van der Waals surface area contributed by atoms with Crippen molar-refractivity contribution in [2.45, 2.75) is 12.5 Å². The van der Waals surface area contributed by atoms with E-state index >= 15 is 0 Å². The SMILES string of the molecule is O=[N+]([O-])c1cc(Br)ccc1COc1ccc(CCl)cc1. The topological polar surface area (TPSA) is 52.4 Å². The Labute approximate surface area is 129 Å². The molecule has 0 radical (unpaired) electrons. The van der Waals surface area contributed by atoms with Crippen LogP contribution in [0, 0.1) is 10.1 Å². The fourth-order valence-electron chi connectivity index (χ4n) is 1.66. The maximum Gasteiger partial charge on any atom is 0.277 e. The van der Waals surface area contributed by atoms with E-state index in [1.165, 1.54) is 6.07 Å². The van der Waals surface area contributed by atoms with E-state index in [1.54, 1.807) is 24.3 Å². The van der Waals surface area contributed by atoms with Gasteiger partial charge in [0, 0.05) is 16.4 Å². The smallest absolute Gasteiger partial charge is 0.277 e. The number of rotatable bonds is 5. The van der Waals surface area contributed by atoms with E-state index in [9.17, 15) is 10.1 Å². The van der Waals surface area contributed by atoms with Crippen LogP contribution in [0.3, 0.4) is 0 Å². The maximum atomic E-state index is 11.0. The fraction of sp³-hybridized carbons (Fsp3) is 0.143. The molecule has 4 nitrogen and oxygen atoms in total. The Morgan fingerprint density at radius 3 is 2.50 bits per heavy atom. The fourth-order valence-corrected chi connectivity index (χ4v) is 2.19. The Morgan fingerprint density at radius 1 is 1.20 bits per heavy atom. The number of nitrogens with zero attached hydrogens (tertiary/aromatic N) is 1. The van der Waals surface area contributed by atoms with Crippen LogP contribution in [0.2, 0.25) is 0 Å². The summed E-state index contributed by atoms with van der Waals surface area (Å²) in [5.74, 6) is 1.09. The summed E-state index contributed by atoms with van der Waals surface area (Å²) in [5.41, 5.74) is 1.56. The summed E-state index contributed by atoms with van der Waals surface area (Å²) in [6, 6.07) is 12.2.